The van der Waals surface area contributed by atoms with Crippen molar-refractivity contribution in [1.29, 1.82) is 0 Å². The van der Waals surface area contributed by atoms with Gasteiger partial charge in [-0.25, -0.2) is 4.99 Å². The second-order valence-electron chi connectivity index (χ2n) is 13.2. The molecule has 0 spiro atoms. The van der Waals surface area contributed by atoms with Crippen molar-refractivity contribution in [2.45, 2.75) is 6.04 Å². The number of para-hydroxylation sites is 2. The van der Waals surface area contributed by atoms with Gasteiger partial charge in [-0.15, -0.1) is 11.3 Å². The second-order valence-corrected chi connectivity index (χ2v) is 14.2. The molecule has 0 saturated carbocycles. The minimum absolute atomic E-state index is 0.0366. The van der Waals surface area contributed by atoms with Crippen LogP contribution in [0.25, 0.3) is 69.2 Å². The number of benzene rings is 8. The molecule has 1 unspecified atom stereocenters. The van der Waals surface area contributed by atoms with Crippen LogP contribution in [0.4, 0.5) is 5.69 Å². The lowest BCUT2D eigenvalue weighted by Crippen LogP contribution is -2.32. The third kappa shape index (κ3) is 4.00. The highest BCUT2D eigenvalue weighted by Gasteiger charge is 2.24. The van der Waals surface area contributed by atoms with E-state index in [4.69, 9.17) is 4.99 Å². The maximum absolute atomic E-state index is 5.08. The highest BCUT2D eigenvalue weighted by molar-refractivity contribution is 7.26. The zero-order valence-corrected chi connectivity index (χ0v) is 27.8. The second kappa shape index (κ2) is 10.6. The van der Waals surface area contributed by atoms with Crippen LogP contribution >= 0.6 is 11.3 Å². The van der Waals surface area contributed by atoms with E-state index in [9.17, 15) is 0 Å². The molecule has 1 atom stereocenters. The predicted octanol–water partition coefficient (Wildman–Crippen LogP) is 12.2. The third-order valence-electron chi connectivity index (χ3n) is 10.4. The number of amidine groups is 1. The van der Waals surface area contributed by atoms with E-state index in [0.717, 1.165) is 22.8 Å². The van der Waals surface area contributed by atoms with Gasteiger partial charge in [-0.1, -0.05) is 109 Å². The molecular weight excluding hydrogens is 627 g/mol. The third-order valence-corrected chi connectivity index (χ3v) is 11.6. The molecule has 0 saturated heterocycles. The number of hydrogen-bond donors (Lipinski definition) is 1. The Balaban J connectivity index is 1.09. The van der Waals surface area contributed by atoms with Gasteiger partial charge in [-0.05, 0) is 81.7 Å². The Kier molecular flexibility index (Phi) is 5.89. The molecule has 10 aromatic rings. The summed E-state index contributed by atoms with van der Waals surface area (Å²) in [5, 5.41) is 14.2. The van der Waals surface area contributed by atoms with E-state index in [1.165, 1.54) is 74.6 Å². The Morgan fingerprint density at radius 3 is 2.12 bits per heavy atom. The molecule has 234 valence electrons. The number of aromatic nitrogens is 1. The van der Waals surface area contributed by atoms with Crippen molar-refractivity contribution >= 4 is 86.4 Å². The molecule has 3 nitrogen and oxygen atoms in total. The van der Waals surface area contributed by atoms with E-state index < -0.39 is 0 Å². The lowest BCUT2D eigenvalue weighted by molar-refractivity contribution is 0.749. The Morgan fingerprint density at radius 1 is 0.500 bits per heavy atom. The molecule has 0 amide bonds. The fraction of sp³-hybridized carbons (Fsp3) is 0.0217. The molecule has 4 heteroatoms. The summed E-state index contributed by atoms with van der Waals surface area (Å²) in [6.07, 6.45) is 0. The topological polar surface area (TPSA) is 29.3 Å². The van der Waals surface area contributed by atoms with E-state index in [2.05, 4.69) is 174 Å². The van der Waals surface area contributed by atoms with Crippen molar-refractivity contribution < 1.29 is 0 Å². The normalized spacial score (nSPS) is 14.5. The van der Waals surface area contributed by atoms with Crippen LogP contribution in [0.5, 0.6) is 0 Å². The predicted molar refractivity (Wildman–Crippen MR) is 213 cm³/mol. The molecule has 11 rings (SSSR count). The molecule has 2 aromatic heterocycles. The van der Waals surface area contributed by atoms with Crippen molar-refractivity contribution in [2.24, 2.45) is 4.99 Å². The lowest BCUT2D eigenvalue weighted by Gasteiger charge is -2.27. The van der Waals surface area contributed by atoms with Gasteiger partial charge in [0, 0.05) is 47.8 Å². The van der Waals surface area contributed by atoms with Crippen molar-refractivity contribution in [1.82, 2.24) is 9.88 Å². The number of fused-ring (bicyclic) bond motifs is 12. The van der Waals surface area contributed by atoms with Crippen LogP contribution in [-0.4, -0.2) is 10.4 Å². The van der Waals surface area contributed by atoms with Gasteiger partial charge >= 0.3 is 0 Å². The average Bonchev–Trinajstić information content (AvgIpc) is 3.74. The van der Waals surface area contributed by atoms with E-state index in [1.807, 2.05) is 11.3 Å². The molecule has 1 aliphatic rings. The summed E-state index contributed by atoms with van der Waals surface area (Å²) in [7, 11) is 0. The van der Waals surface area contributed by atoms with Gasteiger partial charge in [0.25, 0.3) is 0 Å². The number of rotatable bonds is 3. The van der Waals surface area contributed by atoms with Crippen LogP contribution in [0.15, 0.2) is 169 Å². The van der Waals surface area contributed by atoms with Crippen LogP contribution < -0.4 is 5.32 Å². The first-order valence-electron chi connectivity index (χ1n) is 17.1. The minimum atomic E-state index is 0.0366. The number of nitrogens with one attached hydrogen (secondary N) is 1. The fourth-order valence-electron chi connectivity index (χ4n) is 8.22. The van der Waals surface area contributed by atoms with Crippen LogP contribution in [0.3, 0.4) is 0 Å². The minimum Gasteiger partial charge on any atom is -0.359 e. The molecule has 8 aromatic carbocycles. The van der Waals surface area contributed by atoms with Gasteiger partial charge in [0.15, 0.2) is 0 Å². The van der Waals surface area contributed by atoms with E-state index in [1.54, 1.807) is 0 Å². The van der Waals surface area contributed by atoms with Gasteiger partial charge in [0.05, 0.1) is 22.8 Å². The standard InChI is InChI=1S/C46H29N3S/c1-2-10-29(11-3-1)45-34-12-4-7-15-37(34)47-46(48-45)30-18-22-31(23-19-30)49-38-16-8-5-13-35(38)43-33-24-20-28-21-27-41-44(36-14-6-9-17-40(36)50-41)42(28)32(33)25-26-39(43)49/h1-27,45H,(H,47,48). The number of aliphatic imine (C=N–C) groups is 1. The summed E-state index contributed by atoms with van der Waals surface area (Å²) in [5.74, 6) is 0.886. The van der Waals surface area contributed by atoms with Gasteiger partial charge in [-0.3, -0.25) is 0 Å². The Labute approximate surface area is 292 Å². The number of nitrogens with zero attached hydrogens (tertiary/aromatic N) is 2. The molecule has 1 N–H and O–H groups in total. The Hall–Kier alpha value is -6.23. The van der Waals surface area contributed by atoms with E-state index in [0.29, 0.717) is 0 Å². The van der Waals surface area contributed by atoms with E-state index >= 15 is 0 Å². The average molecular weight is 656 g/mol. The zero-order valence-electron chi connectivity index (χ0n) is 27.0. The van der Waals surface area contributed by atoms with Crippen molar-refractivity contribution in [2.75, 3.05) is 0 Å². The van der Waals surface area contributed by atoms with Crippen LogP contribution in [-0.2, 0) is 0 Å². The molecule has 3 heterocycles. The summed E-state index contributed by atoms with van der Waals surface area (Å²) >= 11 is 1.88. The fourth-order valence-corrected chi connectivity index (χ4v) is 9.33. The first kappa shape index (κ1) is 27.7. The summed E-state index contributed by atoms with van der Waals surface area (Å²) < 4.78 is 5.09. The SMILES string of the molecule is c1ccc(C2NC(c3ccc(-n4c5ccccc5c5c6ccc7ccc8sc9ccccc9c8c7c6ccc54)cc3)=Nc3ccccc32)cc1. The molecule has 0 radical (unpaired) electrons. The number of hydrogen-bond acceptors (Lipinski definition) is 3. The zero-order chi connectivity index (χ0) is 32.8. The molecule has 0 aliphatic carbocycles. The Bertz CT molecular complexity index is 3000. The van der Waals surface area contributed by atoms with Crippen LogP contribution in [0.1, 0.15) is 22.7 Å². The first-order chi connectivity index (χ1) is 24.8. The van der Waals surface area contributed by atoms with Crippen LogP contribution in [0, 0.1) is 0 Å². The molecule has 50 heavy (non-hydrogen) atoms. The number of thiophene rings is 1. The van der Waals surface area contributed by atoms with Crippen molar-refractivity contribution in [3.8, 4) is 5.69 Å². The highest BCUT2D eigenvalue weighted by atomic mass is 32.1. The van der Waals surface area contributed by atoms with Gasteiger partial charge in [-0.2, -0.15) is 0 Å². The summed E-state index contributed by atoms with van der Waals surface area (Å²) in [5.41, 5.74) is 8.03. The molecule has 1 aliphatic heterocycles. The maximum Gasteiger partial charge on any atom is 0.134 e. The monoisotopic (exact) mass is 655 g/mol. The largest absolute Gasteiger partial charge is 0.359 e. The summed E-state index contributed by atoms with van der Waals surface area (Å²) in [6.45, 7) is 0. The van der Waals surface area contributed by atoms with Crippen LogP contribution in [0.2, 0.25) is 0 Å². The maximum atomic E-state index is 5.08. The van der Waals surface area contributed by atoms with Gasteiger partial charge in [0.2, 0.25) is 0 Å². The van der Waals surface area contributed by atoms with Crippen molar-refractivity contribution in [3.63, 3.8) is 0 Å². The molecule has 0 bridgehead atoms. The first-order valence-corrected chi connectivity index (χ1v) is 17.9. The summed E-state index contributed by atoms with van der Waals surface area (Å²) in [6, 6.07) is 59.5. The highest BCUT2D eigenvalue weighted by Crippen LogP contribution is 2.44. The van der Waals surface area contributed by atoms with Crippen molar-refractivity contribution in [3.05, 3.63) is 180 Å². The smallest absolute Gasteiger partial charge is 0.134 e. The quantitative estimate of drug-likeness (QED) is 0.189. The lowest BCUT2D eigenvalue weighted by atomic mass is 9.95. The molecular formula is C46H29N3S. The van der Waals surface area contributed by atoms with Gasteiger partial charge in [0.1, 0.15) is 5.84 Å². The van der Waals surface area contributed by atoms with Gasteiger partial charge < -0.3 is 9.88 Å². The van der Waals surface area contributed by atoms with E-state index in [-0.39, 0.29) is 6.04 Å². The summed E-state index contributed by atoms with van der Waals surface area (Å²) in [4.78, 5) is 5.08. The molecule has 0 fully saturated rings. The Morgan fingerprint density at radius 2 is 1.22 bits per heavy atom.